The first-order chi connectivity index (χ1) is 15.7. The standard InChI is InChI=1S/C27H28FN3O/c1-32-23-9-6-20(7-10-23)24-4-2-3-5-27(24)31-16-14-30(15-17-31)13-12-21-19-29-26-11-8-22(28)18-25(21)26/h2-11,18-19,29H,12-17H2,1H3. The Morgan fingerprint density at radius 2 is 1.72 bits per heavy atom. The van der Waals surface area contributed by atoms with Crippen LogP contribution in [0.2, 0.25) is 0 Å². The third kappa shape index (κ3) is 4.21. The molecule has 3 aromatic carbocycles. The molecule has 1 saturated heterocycles. The number of nitrogens with one attached hydrogen (secondary N) is 1. The summed E-state index contributed by atoms with van der Waals surface area (Å²) in [6, 6.07) is 21.9. The van der Waals surface area contributed by atoms with E-state index in [1.165, 1.54) is 28.4 Å². The molecular weight excluding hydrogens is 401 g/mol. The van der Waals surface area contributed by atoms with Gasteiger partial charge in [-0.15, -0.1) is 0 Å². The molecule has 0 amide bonds. The highest BCUT2D eigenvalue weighted by Crippen LogP contribution is 2.32. The Morgan fingerprint density at radius 3 is 2.50 bits per heavy atom. The van der Waals surface area contributed by atoms with E-state index in [9.17, 15) is 4.39 Å². The van der Waals surface area contributed by atoms with Gasteiger partial charge in [-0.2, -0.15) is 0 Å². The van der Waals surface area contributed by atoms with Crippen molar-refractivity contribution < 1.29 is 9.13 Å². The molecule has 0 aliphatic carbocycles. The zero-order valence-corrected chi connectivity index (χ0v) is 18.4. The Bertz CT molecular complexity index is 1190. The lowest BCUT2D eigenvalue weighted by atomic mass is 10.0. The first kappa shape index (κ1) is 20.6. The number of aromatic nitrogens is 1. The van der Waals surface area contributed by atoms with Crippen molar-refractivity contribution in [2.75, 3.05) is 44.7 Å². The summed E-state index contributed by atoms with van der Waals surface area (Å²) in [6.45, 7) is 5.02. The molecule has 1 aromatic heterocycles. The molecule has 0 spiro atoms. The fourth-order valence-corrected chi connectivity index (χ4v) is 4.61. The van der Waals surface area contributed by atoms with E-state index in [4.69, 9.17) is 4.74 Å². The van der Waals surface area contributed by atoms with Crippen molar-refractivity contribution in [2.45, 2.75) is 6.42 Å². The van der Waals surface area contributed by atoms with E-state index in [-0.39, 0.29) is 5.82 Å². The number of H-pyrrole nitrogens is 1. The lowest BCUT2D eigenvalue weighted by molar-refractivity contribution is 0.261. The number of ether oxygens (including phenoxy) is 1. The summed E-state index contributed by atoms with van der Waals surface area (Å²) in [6.07, 6.45) is 2.94. The highest BCUT2D eigenvalue weighted by atomic mass is 19.1. The van der Waals surface area contributed by atoms with E-state index >= 15 is 0 Å². The lowest BCUT2D eigenvalue weighted by Crippen LogP contribution is -2.47. The Balaban J connectivity index is 1.23. The van der Waals surface area contributed by atoms with E-state index < -0.39 is 0 Å². The van der Waals surface area contributed by atoms with Crippen LogP contribution in [0.5, 0.6) is 5.75 Å². The number of benzene rings is 3. The van der Waals surface area contributed by atoms with Crippen molar-refractivity contribution in [3.05, 3.63) is 84.3 Å². The van der Waals surface area contributed by atoms with Gasteiger partial charge in [-0.25, -0.2) is 4.39 Å². The number of fused-ring (bicyclic) bond motifs is 1. The second-order valence-corrected chi connectivity index (χ2v) is 8.33. The number of piperazine rings is 1. The molecule has 4 aromatic rings. The highest BCUT2D eigenvalue weighted by molar-refractivity contribution is 5.83. The first-order valence-electron chi connectivity index (χ1n) is 11.2. The summed E-state index contributed by atoms with van der Waals surface area (Å²) in [4.78, 5) is 8.25. The van der Waals surface area contributed by atoms with Crippen molar-refractivity contribution in [3.8, 4) is 16.9 Å². The Kier molecular flexibility index (Phi) is 5.82. The second kappa shape index (κ2) is 9.05. The van der Waals surface area contributed by atoms with Crippen LogP contribution in [0, 0.1) is 5.82 Å². The van der Waals surface area contributed by atoms with E-state index in [0.717, 1.165) is 55.8 Å². The number of halogens is 1. The lowest BCUT2D eigenvalue weighted by Gasteiger charge is -2.37. The van der Waals surface area contributed by atoms with Gasteiger partial charge in [-0.1, -0.05) is 30.3 Å². The number of hydrogen-bond donors (Lipinski definition) is 1. The van der Waals surface area contributed by atoms with Gasteiger partial charge in [0.25, 0.3) is 0 Å². The van der Waals surface area contributed by atoms with Gasteiger partial charge in [-0.3, -0.25) is 4.90 Å². The van der Waals surface area contributed by atoms with Crippen LogP contribution in [0.4, 0.5) is 10.1 Å². The summed E-state index contributed by atoms with van der Waals surface area (Å²) in [5, 5.41) is 0.997. The summed E-state index contributed by atoms with van der Waals surface area (Å²) < 4.78 is 19.0. The molecule has 32 heavy (non-hydrogen) atoms. The summed E-state index contributed by atoms with van der Waals surface area (Å²) in [5.74, 6) is 0.695. The third-order valence-corrected chi connectivity index (χ3v) is 6.44. The van der Waals surface area contributed by atoms with Crippen LogP contribution in [0.15, 0.2) is 72.9 Å². The van der Waals surface area contributed by atoms with E-state index in [1.54, 1.807) is 13.2 Å². The zero-order valence-electron chi connectivity index (χ0n) is 18.4. The van der Waals surface area contributed by atoms with Gasteiger partial charge in [0.05, 0.1) is 7.11 Å². The van der Waals surface area contributed by atoms with E-state index in [2.05, 4.69) is 51.2 Å². The smallest absolute Gasteiger partial charge is 0.123 e. The van der Waals surface area contributed by atoms with Gasteiger partial charge in [0.2, 0.25) is 0 Å². The van der Waals surface area contributed by atoms with Crippen LogP contribution in [0.1, 0.15) is 5.56 Å². The fraction of sp³-hybridized carbons (Fsp3) is 0.259. The van der Waals surface area contributed by atoms with Crippen molar-refractivity contribution in [1.29, 1.82) is 0 Å². The van der Waals surface area contributed by atoms with Crippen LogP contribution >= 0.6 is 0 Å². The largest absolute Gasteiger partial charge is 0.497 e. The van der Waals surface area contributed by atoms with Gasteiger partial charge in [0, 0.05) is 61.1 Å². The molecule has 164 valence electrons. The maximum Gasteiger partial charge on any atom is 0.123 e. The molecule has 0 atom stereocenters. The number of anilines is 1. The van der Waals surface area contributed by atoms with Crippen LogP contribution in [-0.4, -0.2) is 49.7 Å². The predicted octanol–water partition coefficient (Wildman–Crippen LogP) is 5.35. The fourth-order valence-electron chi connectivity index (χ4n) is 4.61. The molecule has 5 heteroatoms. The van der Waals surface area contributed by atoms with Gasteiger partial charge in [0.15, 0.2) is 0 Å². The maximum atomic E-state index is 13.7. The topological polar surface area (TPSA) is 31.5 Å². The van der Waals surface area contributed by atoms with E-state index in [1.807, 2.05) is 24.4 Å². The molecule has 0 bridgehead atoms. The monoisotopic (exact) mass is 429 g/mol. The minimum Gasteiger partial charge on any atom is -0.497 e. The Morgan fingerprint density at radius 1 is 0.938 bits per heavy atom. The minimum atomic E-state index is -0.178. The highest BCUT2D eigenvalue weighted by Gasteiger charge is 2.20. The van der Waals surface area contributed by atoms with E-state index in [0.29, 0.717) is 0 Å². The summed E-state index contributed by atoms with van der Waals surface area (Å²) in [7, 11) is 1.69. The number of nitrogens with zero attached hydrogens (tertiary/aromatic N) is 2. The number of para-hydroxylation sites is 1. The number of hydrogen-bond acceptors (Lipinski definition) is 3. The van der Waals surface area contributed by atoms with Crippen molar-refractivity contribution in [1.82, 2.24) is 9.88 Å². The number of methoxy groups -OCH3 is 1. The molecule has 5 rings (SSSR count). The average Bonchev–Trinajstić information content (AvgIpc) is 3.25. The zero-order chi connectivity index (χ0) is 21.9. The number of aromatic amines is 1. The van der Waals surface area contributed by atoms with Crippen LogP contribution in [0.25, 0.3) is 22.0 Å². The molecule has 1 fully saturated rings. The first-order valence-corrected chi connectivity index (χ1v) is 11.2. The quantitative estimate of drug-likeness (QED) is 0.449. The molecule has 1 N–H and O–H groups in total. The van der Waals surface area contributed by atoms with Crippen molar-refractivity contribution in [2.24, 2.45) is 0 Å². The average molecular weight is 430 g/mol. The second-order valence-electron chi connectivity index (χ2n) is 8.33. The molecule has 2 heterocycles. The minimum absolute atomic E-state index is 0.178. The normalized spacial score (nSPS) is 14.8. The molecule has 0 radical (unpaired) electrons. The summed E-state index contributed by atoms with van der Waals surface area (Å²) >= 11 is 0. The van der Waals surface area contributed by atoms with Crippen molar-refractivity contribution in [3.63, 3.8) is 0 Å². The predicted molar refractivity (Wildman–Crippen MR) is 129 cm³/mol. The molecule has 0 unspecified atom stereocenters. The SMILES string of the molecule is COc1ccc(-c2ccccc2N2CCN(CCc3c[nH]c4ccc(F)cc34)CC2)cc1. The molecule has 1 aliphatic rings. The molecule has 0 saturated carbocycles. The van der Waals surface area contributed by atoms with Crippen molar-refractivity contribution >= 4 is 16.6 Å². The van der Waals surface area contributed by atoms with Gasteiger partial charge in [0.1, 0.15) is 11.6 Å². The third-order valence-electron chi connectivity index (χ3n) is 6.44. The maximum absolute atomic E-state index is 13.7. The Labute approximate surface area is 188 Å². The molecular formula is C27H28FN3O. The van der Waals surface area contributed by atoms with Gasteiger partial charge in [-0.05, 0) is 53.9 Å². The summed E-state index contributed by atoms with van der Waals surface area (Å²) in [5.41, 5.74) is 5.93. The molecule has 1 aliphatic heterocycles. The van der Waals surface area contributed by atoms with Crippen LogP contribution < -0.4 is 9.64 Å². The van der Waals surface area contributed by atoms with Crippen LogP contribution in [0.3, 0.4) is 0 Å². The van der Waals surface area contributed by atoms with Gasteiger partial charge >= 0.3 is 0 Å². The van der Waals surface area contributed by atoms with Gasteiger partial charge < -0.3 is 14.6 Å². The number of rotatable bonds is 6. The Hall–Kier alpha value is -3.31. The van der Waals surface area contributed by atoms with Crippen LogP contribution in [-0.2, 0) is 6.42 Å². The molecule has 4 nitrogen and oxygen atoms in total.